The zero-order valence-electron chi connectivity index (χ0n) is 31.8. The van der Waals surface area contributed by atoms with Crippen molar-refractivity contribution in [1.82, 2.24) is 45.8 Å². The quantitative estimate of drug-likeness (QED) is 0.0816. The fourth-order valence-corrected chi connectivity index (χ4v) is 7.58. The SMILES string of the molecule is CCC(=O)N[C@H]1C[C@@H](n2cnc3c(NCC(c4ccccc4)c4ccccc4)nc(C(=O)NCCNC(=O)NC4CCN(c5ccccn5)CC4)nc32)[C@H](O)[C@@H]1O. The number of hydrogen-bond donors (Lipinski definition) is 7. The van der Waals surface area contributed by atoms with Crippen LogP contribution in [0.3, 0.4) is 0 Å². The first-order valence-corrected chi connectivity index (χ1v) is 19.5. The second-order valence-corrected chi connectivity index (χ2v) is 14.4. The number of aromatic nitrogens is 5. The molecule has 0 radical (unpaired) electrons. The lowest BCUT2D eigenvalue weighted by atomic mass is 9.91. The Hall–Kier alpha value is -6.13. The van der Waals surface area contributed by atoms with E-state index in [-0.39, 0.29) is 61.3 Å². The van der Waals surface area contributed by atoms with Crippen LogP contribution in [0, 0.1) is 0 Å². The molecule has 0 unspecified atom stereocenters. The fourth-order valence-electron chi connectivity index (χ4n) is 7.58. The number of nitrogens with zero attached hydrogens (tertiary/aromatic N) is 6. The first kappa shape index (κ1) is 39.1. The molecule has 0 spiro atoms. The van der Waals surface area contributed by atoms with Crippen molar-refractivity contribution in [3.63, 3.8) is 0 Å². The third-order valence-corrected chi connectivity index (χ3v) is 10.7. The van der Waals surface area contributed by atoms with Crippen LogP contribution in [0.15, 0.2) is 91.4 Å². The fraction of sp³-hybridized carbons (Fsp3) is 0.390. The summed E-state index contributed by atoms with van der Waals surface area (Å²) < 4.78 is 1.63. The van der Waals surface area contributed by atoms with E-state index < -0.39 is 30.2 Å². The molecule has 1 aliphatic carbocycles. The van der Waals surface area contributed by atoms with Crippen molar-refractivity contribution >= 4 is 40.6 Å². The molecule has 2 fully saturated rings. The van der Waals surface area contributed by atoms with E-state index >= 15 is 0 Å². The highest BCUT2D eigenvalue weighted by molar-refractivity contribution is 5.94. The molecule has 3 aromatic heterocycles. The van der Waals surface area contributed by atoms with Crippen LogP contribution in [0.5, 0.6) is 0 Å². The first-order chi connectivity index (χ1) is 27.8. The van der Waals surface area contributed by atoms with E-state index in [1.54, 1.807) is 17.7 Å². The molecule has 57 heavy (non-hydrogen) atoms. The largest absolute Gasteiger partial charge is 0.388 e. The van der Waals surface area contributed by atoms with Crippen molar-refractivity contribution in [3.05, 3.63) is 108 Å². The average molecular weight is 776 g/mol. The van der Waals surface area contributed by atoms with Gasteiger partial charge in [-0.1, -0.05) is 73.7 Å². The van der Waals surface area contributed by atoms with Crippen LogP contribution in [-0.4, -0.2) is 110 Å². The highest BCUT2D eigenvalue weighted by Crippen LogP contribution is 2.34. The van der Waals surface area contributed by atoms with Gasteiger partial charge in [0.1, 0.15) is 23.5 Å². The molecule has 16 heteroatoms. The molecule has 16 nitrogen and oxygen atoms in total. The topological polar surface area (TPSA) is 212 Å². The number of carbonyl (C=O) groups is 3. The summed E-state index contributed by atoms with van der Waals surface area (Å²) in [4.78, 5) is 59.0. The van der Waals surface area contributed by atoms with Crippen molar-refractivity contribution in [3.8, 4) is 0 Å². The van der Waals surface area contributed by atoms with Crippen LogP contribution in [0.2, 0.25) is 0 Å². The minimum Gasteiger partial charge on any atom is -0.388 e. The molecular formula is C41H49N11O5. The van der Waals surface area contributed by atoms with Gasteiger partial charge in [-0.2, -0.15) is 0 Å². The van der Waals surface area contributed by atoms with Crippen molar-refractivity contribution in [1.29, 1.82) is 0 Å². The van der Waals surface area contributed by atoms with Gasteiger partial charge < -0.3 is 46.3 Å². The zero-order valence-corrected chi connectivity index (χ0v) is 31.8. The second-order valence-electron chi connectivity index (χ2n) is 14.4. The highest BCUT2D eigenvalue weighted by Gasteiger charge is 2.44. The summed E-state index contributed by atoms with van der Waals surface area (Å²) in [7, 11) is 0. The van der Waals surface area contributed by atoms with Gasteiger partial charge in [0.2, 0.25) is 11.7 Å². The molecule has 4 heterocycles. The Balaban J connectivity index is 1.05. The number of aliphatic hydroxyl groups is 2. The summed E-state index contributed by atoms with van der Waals surface area (Å²) in [6, 6.07) is 24.3. The Labute approximate surface area is 330 Å². The maximum absolute atomic E-state index is 13.6. The molecule has 5 aromatic rings. The van der Waals surface area contributed by atoms with Gasteiger partial charge in [-0.05, 0) is 42.5 Å². The molecule has 0 bridgehead atoms. The number of hydrogen-bond acceptors (Lipinski definition) is 11. The molecule has 1 saturated carbocycles. The third-order valence-electron chi connectivity index (χ3n) is 10.7. The molecule has 4 amide bonds. The van der Waals surface area contributed by atoms with Crippen molar-refractivity contribution < 1.29 is 24.6 Å². The Morgan fingerprint density at radius 1 is 0.825 bits per heavy atom. The van der Waals surface area contributed by atoms with Crippen molar-refractivity contribution in [2.24, 2.45) is 0 Å². The van der Waals surface area contributed by atoms with E-state index in [1.807, 2.05) is 54.6 Å². The van der Waals surface area contributed by atoms with Gasteiger partial charge in [0, 0.05) is 57.3 Å². The molecule has 7 N–H and O–H groups in total. The first-order valence-electron chi connectivity index (χ1n) is 19.5. The van der Waals surface area contributed by atoms with Gasteiger partial charge in [-0.3, -0.25) is 9.59 Å². The number of carbonyl (C=O) groups excluding carboxylic acids is 3. The molecular weight excluding hydrogens is 727 g/mol. The molecule has 1 aliphatic heterocycles. The van der Waals surface area contributed by atoms with E-state index in [4.69, 9.17) is 0 Å². The van der Waals surface area contributed by atoms with E-state index in [0.717, 1.165) is 42.9 Å². The lowest BCUT2D eigenvalue weighted by Gasteiger charge is -2.33. The maximum Gasteiger partial charge on any atom is 0.315 e. The van der Waals surface area contributed by atoms with Gasteiger partial charge >= 0.3 is 6.03 Å². The number of piperidine rings is 1. The molecule has 298 valence electrons. The summed E-state index contributed by atoms with van der Waals surface area (Å²) in [6.07, 6.45) is 2.86. The van der Waals surface area contributed by atoms with Crippen molar-refractivity contribution in [2.45, 2.75) is 68.9 Å². The summed E-state index contributed by atoms with van der Waals surface area (Å²) in [5.41, 5.74) is 2.82. The van der Waals surface area contributed by atoms with Crippen LogP contribution in [-0.2, 0) is 4.79 Å². The van der Waals surface area contributed by atoms with Crippen LogP contribution in [0.25, 0.3) is 11.2 Å². The highest BCUT2D eigenvalue weighted by atomic mass is 16.3. The summed E-state index contributed by atoms with van der Waals surface area (Å²) in [5, 5.41) is 36.9. The van der Waals surface area contributed by atoms with Gasteiger partial charge in [0.25, 0.3) is 5.91 Å². The molecule has 2 aliphatic rings. The van der Waals surface area contributed by atoms with E-state index in [9.17, 15) is 24.6 Å². The summed E-state index contributed by atoms with van der Waals surface area (Å²) in [5.74, 6) is 0.218. The van der Waals surface area contributed by atoms with Crippen LogP contribution in [0.4, 0.5) is 16.4 Å². The Morgan fingerprint density at radius 3 is 2.18 bits per heavy atom. The number of aliphatic hydroxyl groups excluding tert-OH is 2. The normalized spacial score (nSPS) is 19.7. The molecule has 2 aromatic carbocycles. The lowest BCUT2D eigenvalue weighted by Crippen LogP contribution is -2.49. The summed E-state index contributed by atoms with van der Waals surface area (Å²) >= 11 is 0. The second kappa shape index (κ2) is 18.2. The number of benzene rings is 2. The number of nitrogens with one attached hydrogen (secondary N) is 5. The van der Waals surface area contributed by atoms with Crippen LogP contribution in [0.1, 0.15) is 66.3 Å². The predicted molar refractivity (Wildman–Crippen MR) is 215 cm³/mol. The Morgan fingerprint density at radius 2 is 1.51 bits per heavy atom. The van der Waals surface area contributed by atoms with Gasteiger partial charge in [0.15, 0.2) is 11.5 Å². The maximum atomic E-state index is 13.6. The number of amides is 4. The zero-order chi connectivity index (χ0) is 39.7. The Kier molecular flexibility index (Phi) is 12.5. The van der Waals surface area contributed by atoms with E-state index in [0.29, 0.717) is 17.9 Å². The van der Waals surface area contributed by atoms with Crippen LogP contribution < -0.4 is 31.5 Å². The van der Waals surface area contributed by atoms with Crippen LogP contribution >= 0.6 is 0 Å². The average Bonchev–Trinajstić information content (AvgIpc) is 3.80. The minimum absolute atomic E-state index is 0.0246. The van der Waals surface area contributed by atoms with Gasteiger partial charge in [0.05, 0.1) is 18.4 Å². The molecule has 4 atom stereocenters. The number of urea groups is 1. The molecule has 7 rings (SSSR count). The minimum atomic E-state index is -1.24. The standard InChI is InChI=1S/C41H49N11O5/c1-2-33(53)48-30-23-31(36(55)35(30)54)52-25-46-34-37(45-24-29(26-11-5-3-6-12-26)27-13-7-4-8-14-27)49-38(50-39(34)52)40(56)43-19-20-44-41(57)47-28-16-21-51(22-17-28)32-15-9-10-18-42-32/h3-15,18,25,28-31,35-36,54-55H,2,16-17,19-24H2,1H3,(H,43,56)(H,48,53)(H2,44,47,57)(H,45,49,50)/t30-,31+,35+,36-/m0/s1. The summed E-state index contributed by atoms with van der Waals surface area (Å²) in [6.45, 7) is 3.98. The predicted octanol–water partition coefficient (Wildman–Crippen LogP) is 2.72. The number of pyridine rings is 1. The number of rotatable bonds is 14. The van der Waals surface area contributed by atoms with Gasteiger partial charge in [-0.25, -0.2) is 24.7 Å². The molecule has 1 saturated heterocycles. The lowest BCUT2D eigenvalue weighted by molar-refractivity contribution is -0.122. The smallest absolute Gasteiger partial charge is 0.315 e. The number of imidazole rings is 1. The van der Waals surface area contributed by atoms with E-state index in [1.165, 1.54) is 6.33 Å². The van der Waals surface area contributed by atoms with Gasteiger partial charge in [-0.15, -0.1) is 0 Å². The van der Waals surface area contributed by atoms with E-state index in [2.05, 4.69) is 75.7 Å². The number of anilines is 2. The Bertz CT molecular complexity index is 2070. The number of fused-ring (bicyclic) bond motifs is 1. The monoisotopic (exact) mass is 775 g/mol. The van der Waals surface area contributed by atoms with Crippen molar-refractivity contribution in [2.75, 3.05) is 42.9 Å². The third kappa shape index (κ3) is 9.30.